The van der Waals surface area contributed by atoms with E-state index < -0.39 is 0 Å². The number of methoxy groups -OCH3 is 1. The molecule has 1 aromatic heterocycles. The van der Waals surface area contributed by atoms with Crippen molar-refractivity contribution in [2.45, 2.75) is 63.2 Å². The van der Waals surface area contributed by atoms with Crippen molar-refractivity contribution >= 4 is 22.6 Å². The third-order valence-corrected chi connectivity index (χ3v) is 6.87. The topological polar surface area (TPSA) is 79.6 Å². The number of hydrogen-bond acceptors (Lipinski definition) is 5. The molecule has 0 bridgehead atoms. The van der Waals surface area contributed by atoms with Gasteiger partial charge in [-0.25, -0.2) is 4.99 Å². The summed E-state index contributed by atoms with van der Waals surface area (Å²) in [6.07, 6.45) is 8.38. The fourth-order valence-electron chi connectivity index (χ4n) is 4.26. The summed E-state index contributed by atoms with van der Waals surface area (Å²) in [5, 5.41) is 13.8. The highest BCUT2D eigenvalue weighted by molar-refractivity contribution is 8.14. The highest BCUT2D eigenvalue weighted by atomic mass is 32.2. The number of ether oxygens (including phenoxy) is 1. The van der Waals surface area contributed by atoms with E-state index in [2.05, 4.69) is 5.10 Å². The van der Waals surface area contributed by atoms with Gasteiger partial charge in [-0.05, 0) is 37.5 Å². The summed E-state index contributed by atoms with van der Waals surface area (Å²) in [4.78, 5) is 17.7. The van der Waals surface area contributed by atoms with E-state index in [1.807, 2.05) is 23.7 Å². The molecule has 1 fully saturated rings. The minimum Gasteiger partial charge on any atom is -0.504 e. The predicted molar refractivity (Wildman–Crippen MR) is 113 cm³/mol. The molecule has 2 N–H and O–H groups in total. The van der Waals surface area contributed by atoms with Crippen molar-refractivity contribution in [2.24, 2.45) is 4.99 Å². The van der Waals surface area contributed by atoms with Crippen LogP contribution in [0.5, 0.6) is 11.5 Å². The Balaban J connectivity index is 1.77. The number of phenols is 1. The number of aromatic hydroxyl groups is 1. The first-order chi connectivity index (χ1) is 13.6. The zero-order valence-electron chi connectivity index (χ0n) is 16.4. The number of aromatic amines is 1. The number of thioether (sulfide) groups is 1. The van der Waals surface area contributed by atoms with Gasteiger partial charge in [0.2, 0.25) is 0 Å². The van der Waals surface area contributed by atoms with Crippen LogP contribution in [-0.2, 0) is 0 Å². The van der Waals surface area contributed by atoms with Gasteiger partial charge in [-0.3, -0.25) is 14.6 Å². The van der Waals surface area contributed by atoms with Gasteiger partial charge in [0.1, 0.15) is 0 Å². The van der Waals surface area contributed by atoms with Gasteiger partial charge in [-0.1, -0.05) is 49.9 Å². The Morgan fingerprint density at radius 1 is 1.21 bits per heavy atom. The number of nitrogens with zero attached hydrogens (tertiary/aromatic N) is 2. The Morgan fingerprint density at radius 3 is 2.64 bits per heavy atom. The van der Waals surface area contributed by atoms with Gasteiger partial charge in [0, 0.05) is 0 Å². The molecule has 7 heteroatoms. The van der Waals surface area contributed by atoms with E-state index in [1.54, 1.807) is 17.8 Å². The lowest BCUT2D eigenvalue weighted by Gasteiger charge is -2.25. The second-order valence-electron chi connectivity index (χ2n) is 7.61. The van der Waals surface area contributed by atoms with E-state index >= 15 is 0 Å². The SMILES string of the molecule is COc1cc([C@H]2SC(C)=Nc3c2c(=O)[nH]n3C2CCCCCCC2)ccc1O. The van der Waals surface area contributed by atoms with Crippen LogP contribution in [0.4, 0.5) is 5.82 Å². The van der Waals surface area contributed by atoms with Crippen molar-refractivity contribution < 1.29 is 9.84 Å². The molecule has 150 valence electrons. The summed E-state index contributed by atoms with van der Waals surface area (Å²) >= 11 is 1.57. The molecular weight excluding hydrogens is 374 g/mol. The van der Waals surface area contributed by atoms with Crippen molar-refractivity contribution in [3.05, 3.63) is 39.7 Å². The number of benzene rings is 1. The molecule has 1 aliphatic carbocycles. The van der Waals surface area contributed by atoms with Crippen LogP contribution in [0.2, 0.25) is 0 Å². The Bertz CT molecular complexity index is 939. The van der Waals surface area contributed by atoms with E-state index in [4.69, 9.17) is 9.73 Å². The van der Waals surface area contributed by atoms with Crippen LogP contribution < -0.4 is 10.3 Å². The van der Waals surface area contributed by atoms with Crippen molar-refractivity contribution in [3.63, 3.8) is 0 Å². The van der Waals surface area contributed by atoms with Crippen LogP contribution >= 0.6 is 11.8 Å². The summed E-state index contributed by atoms with van der Waals surface area (Å²) in [5.41, 5.74) is 1.55. The molecule has 1 aromatic carbocycles. The molecule has 2 aromatic rings. The van der Waals surface area contributed by atoms with E-state index in [-0.39, 0.29) is 16.6 Å². The highest BCUT2D eigenvalue weighted by Crippen LogP contribution is 2.46. The van der Waals surface area contributed by atoms with Crippen LogP contribution in [-0.4, -0.2) is 27.0 Å². The number of aromatic nitrogens is 2. The molecular formula is C21H27N3O3S. The third-order valence-electron chi connectivity index (χ3n) is 5.70. The zero-order valence-corrected chi connectivity index (χ0v) is 17.2. The molecule has 0 radical (unpaired) electrons. The number of nitrogens with one attached hydrogen (secondary N) is 1. The summed E-state index contributed by atoms with van der Waals surface area (Å²) in [6, 6.07) is 5.58. The molecule has 6 nitrogen and oxygen atoms in total. The zero-order chi connectivity index (χ0) is 19.7. The van der Waals surface area contributed by atoms with Gasteiger partial charge in [-0.15, -0.1) is 0 Å². The maximum Gasteiger partial charge on any atom is 0.271 e. The van der Waals surface area contributed by atoms with Crippen molar-refractivity contribution in [1.82, 2.24) is 9.78 Å². The van der Waals surface area contributed by atoms with Crippen LogP contribution in [0.25, 0.3) is 0 Å². The molecule has 28 heavy (non-hydrogen) atoms. The summed E-state index contributed by atoms with van der Waals surface area (Å²) in [5.74, 6) is 1.28. The first-order valence-corrected chi connectivity index (χ1v) is 10.9. The van der Waals surface area contributed by atoms with Gasteiger partial charge < -0.3 is 9.84 Å². The number of rotatable bonds is 3. The molecule has 2 aliphatic rings. The Hall–Kier alpha value is -2.15. The minimum atomic E-state index is -0.166. The van der Waals surface area contributed by atoms with Gasteiger partial charge in [0.05, 0.1) is 29.0 Å². The lowest BCUT2D eigenvalue weighted by molar-refractivity contribution is 0.349. The smallest absolute Gasteiger partial charge is 0.271 e. The van der Waals surface area contributed by atoms with Gasteiger partial charge >= 0.3 is 0 Å². The molecule has 1 saturated carbocycles. The van der Waals surface area contributed by atoms with E-state index in [1.165, 1.54) is 39.2 Å². The minimum absolute atomic E-state index is 0.0714. The van der Waals surface area contributed by atoms with Crippen molar-refractivity contribution in [3.8, 4) is 11.5 Å². The molecule has 4 rings (SSSR count). The molecule has 0 spiro atoms. The van der Waals surface area contributed by atoms with Gasteiger partial charge in [0.25, 0.3) is 5.56 Å². The lowest BCUT2D eigenvalue weighted by atomic mass is 9.96. The average molecular weight is 402 g/mol. The fraction of sp³-hybridized carbons (Fsp3) is 0.524. The fourth-order valence-corrected chi connectivity index (χ4v) is 5.35. The number of phenolic OH excluding ortho intramolecular Hbond substituents is 1. The lowest BCUT2D eigenvalue weighted by Crippen LogP contribution is -2.15. The van der Waals surface area contributed by atoms with Crippen molar-refractivity contribution in [2.75, 3.05) is 7.11 Å². The third kappa shape index (κ3) is 3.60. The second-order valence-corrected chi connectivity index (χ2v) is 8.91. The quantitative estimate of drug-likeness (QED) is 0.753. The molecule has 0 unspecified atom stereocenters. The average Bonchev–Trinajstić information content (AvgIpc) is 2.97. The van der Waals surface area contributed by atoms with Gasteiger partial charge in [0.15, 0.2) is 17.3 Å². The Kier molecular flexibility index (Phi) is 5.53. The first kappa shape index (κ1) is 19.2. The van der Waals surface area contributed by atoms with Crippen LogP contribution in [0.1, 0.15) is 74.3 Å². The van der Waals surface area contributed by atoms with E-state index in [0.29, 0.717) is 17.4 Å². The highest BCUT2D eigenvalue weighted by Gasteiger charge is 2.32. The normalized spacial score (nSPS) is 20.8. The second kappa shape index (κ2) is 8.07. The number of aliphatic imine (C=N–C) groups is 1. The van der Waals surface area contributed by atoms with E-state index in [0.717, 1.165) is 29.3 Å². The molecule has 1 atom stereocenters. The summed E-state index contributed by atoms with van der Waals surface area (Å²) in [7, 11) is 1.53. The summed E-state index contributed by atoms with van der Waals surface area (Å²) in [6.45, 7) is 1.98. The Labute approximate surface area is 169 Å². The monoisotopic (exact) mass is 401 g/mol. The first-order valence-electron chi connectivity index (χ1n) is 10.0. The maximum absolute atomic E-state index is 13.0. The number of H-pyrrole nitrogens is 1. The standard InChI is InChI=1S/C21H27N3O3S/c1-13-22-20-18(19(28-13)14-10-11-16(25)17(12-14)27-2)21(26)23-24(20)15-8-6-4-3-5-7-9-15/h10-12,15,19,25H,3-9H2,1-2H3,(H,23,26)/t19-/m1/s1. The van der Waals surface area contributed by atoms with Crippen LogP contribution in [0, 0.1) is 0 Å². The van der Waals surface area contributed by atoms with Gasteiger partial charge in [-0.2, -0.15) is 0 Å². The molecule has 2 heterocycles. The molecule has 0 amide bonds. The van der Waals surface area contributed by atoms with E-state index in [9.17, 15) is 9.90 Å². The largest absolute Gasteiger partial charge is 0.504 e. The summed E-state index contributed by atoms with van der Waals surface area (Å²) < 4.78 is 7.29. The molecule has 1 aliphatic heterocycles. The predicted octanol–water partition coefficient (Wildman–Crippen LogP) is 5.06. The van der Waals surface area contributed by atoms with Crippen molar-refractivity contribution in [1.29, 1.82) is 0 Å². The number of hydrogen-bond donors (Lipinski definition) is 2. The Morgan fingerprint density at radius 2 is 1.93 bits per heavy atom. The van der Waals surface area contributed by atoms with Crippen LogP contribution in [0.3, 0.4) is 0 Å². The van der Waals surface area contributed by atoms with Crippen LogP contribution in [0.15, 0.2) is 28.0 Å². The maximum atomic E-state index is 13.0. The molecule has 0 saturated heterocycles. The number of fused-ring (bicyclic) bond motifs is 1.